The molecule has 1 saturated heterocycles. The molecule has 1 aliphatic rings. The fraction of sp³-hybridized carbons (Fsp3) is 0.565. The van der Waals surface area contributed by atoms with Crippen LogP contribution >= 0.6 is 0 Å². The molecule has 1 fully saturated rings. The summed E-state index contributed by atoms with van der Waals surface area (Å²) in [6.07, 6.45) is 6.34. The largest absolute Gasteiger partial charge is 0.330 e. The van der Waals surface area contributed by atoms with Crippen molar-refractivity contribution in [1.29, 1.82) is 0 Å². The van der Waals surface area contributed by atoms with Gasteiger partial charge in [-0.2, -0.15) is 0 Å². The summed E-state index contributed by atoms with van der Waals surface area (Å²) < 4.78 is 0. The quantitative estimate of drug-likeness (QED) is 0.737. The summed E-state index contributed by atoms with van der Waals surface area (Å²) in [5.41, 5.74) is 8.03. The Labute approximate surface area is 153 Å². The van der Waals surface area contributed by atoms with Crippen molar-refractivity contribution in [3.63, 3.8) is 0 Å². The second-order valence-electron chi connectivity index (χ2n) is 7.85. The number of hydrogen-bond acceptors (Lipinski definition) is 2. The molecule has 0 saturated carbocycles. The Morgan fingerprint density at radius 2 is 1.80 bits per heavy atom. The van der Waals surface area contributed by atoms with Crippen LogP contribution in [0, 0.1) is 5.92 Å². The number of hydrogen-bond donors (Lipinski definition) is 1. The molecule has 2 N–H and O–H groups in total. The predicted octanol–water partition coefficient (Wildman–Crippen LogP) is 4.96. The van der Waals surface area contributed by atoms with Crippen molar-refractivity contribution in [2.24, 2.45) is 11.7 Å². The Hall–Kier alpha value is -1.38. The van der Waals surface area contributed by atoms with E-state index >= 15 is 0 Å². The van der Waals surface area contributed by atoms with Gasteiger partial charge in [0.2, 0.25) is 0 Å². The molecular weight excluding hydrogens is 304 g/mol. The lowest BCUT2D eigenvalue weighted by Gasteiger charge is -2.40. The lowest BCUT2D eigenvalue weighted by molar-refractivity contribution is 0.240. The molecule has 0 aromatic heterocycles. The van der Waals surface area contributed by atoms with Gasteiger partial charge in [-0.3, -0.25) is 0 Å². The van der Waals surface area contributed by atoms with Crippen LogP contribution in [0.4, 0.5) is 0 Å². The molecule has 2 aromatic carbocycles. The first-order valence-corrected chi connectivity index (χ1v) is 10.1. The highest BCUT2D eigenvalue weighted by atomic mass is 15.1. The van der Waals surface area contributed by atoms with Gasteiger partial charge in [-0.1, -0.05) is 62.7 Å². The van der Waals surface area contributed by atoms with Gasteiger partial charge >= 0.3 is 0 Å². The Morgan fingerprint density at radius 3 is 2.52 bits per heavy atom. The van der Waals surface area contributed by atoms with E-state index in [0.717, 1.165) is 6.54 Å². The third kappa shape index (κ3) is 3.75. The lowest BCUT2D eigenvalue weighted by atomic mass is 9.66. The van der Waals surface area contributed by atoms with Gasteiger partial charge < -0.3 is 10.6 Å². The van der Waals surface area contributed by atoms with Crippen LogP contribution in [0.5, 0.6) is 0 Å². The maximum atomic E-state index is 6.49. The number of rotatable bonds is 8. The molecule has 1 aliphatic heterocycles. The molecule has 1 heterocycles. The normalized spacial score (nSPS) is 19.2. The van der Waals surface area contributed by atoms with Crippen LogP contribution in [-0.4, -0.2) is 31.1 Å². The maximum Gasteiger partial charge on any atom is 0.0108 e. The molecule has 2 heteroatoms. The SMILES string of the molecule is CCC(C)C(CN)(CCCN1CCCC1)c1cccc2ccccc12. The molecule has 0 spiro atoms. The highest BCUT2D eigenvalue weighted by Gasteiger charge is 2.36. The zero-order chi connectivity index (χ0) is 17.7. The molecule has 2 unspecified atom stereocenters. The van der Waals surface area contributed by atoms with Crippen LogP contribution in [-0.2, 0) is 5.41 Å². The van der Waals surface area contributed by atoms with E-state index < -0.39 is 0 Å². The molecule has 0 radical (unpaired) electrons. The minimum atomic E-state index is 0.0787. The second-order valence-corrected chi connectivity index (χ2v) is 7.85. The minimum absolute atomic E-state index is 0.0787. The van der Waals surface area contributed by atoms with Gasteiger partial charge in [-0.25, -0.2) is 0 Å². The number of nitrogens with two attached hydrogens (primary N) is 1. The maximum absolute atomic E-state index is 6.49. The predicted molar refractivity (Wildman–Crippen MR) is 109 cm³/mol. The molecule has 2 nitrogen and oxygen atoms in total. The van der Waals surface area contributed by atoms with Crippen LogP contribution < -0.4 is 5.73 Å². The monoisotopic (exact) mass is 338 g/mol. The van der Waals surface area contributed by atoms with Gasteiger partial charge in [0.1, 0.15) is 0 Å². The van der Waals surface area contributed by atoms with E-state index in [1.807, 2.05) is 0 Å². The van der Waals surface area contributed by atoms with Crippen LogP contribution in [0.15, 0.2) is 42.5 Å². The Kier molecular flexibility index (Phi) is 6.14. The van der Waals surface area contributed by atoms with Crippen molar-refractivity contribution in [1.82, 2.24) is 4.90 Å². The summed E-state index contributed by atoms with van der Waals surface area (Å²) in [6.45, 7) is 9.23. The molecule has 3 rings (SSSR count). The van der Waals surface area contributed by atoms with Gasteiger partial charge in [-0.15, -0.1) is 0 Å². The third-order valence-electron chi connectivity index (χ3n) is 6.54. The molecular formula is C23H34N2. The number of likely N-dealkylation sites (tertiary alicyclic amines) is 1. The number of fused-ring (bicyclic) bond motifs is 1. The summed E-state index contributed by atoms with van der Waals surface area (Å²) in [5.74, 6) is 0.585. The van der Waals surface area contributed by atoms with Crippen LogP contribution in [0.1, 0.15) is 51.5 Å². The zero-order valence-corrected chi connectivity index (χ0v) is 16.0. The van der Waals surface area contributed by atoms with Gasteiger partial charge in [-0.05, 0) is 67.6 Å². The van der Waals surface area contributed by atoms with E-state index in [1.54, 1.807) is 0 Å². The van der Waals surface area contributed by atoms with E-state index in [1.165, 1.54) is 68.1 Å². The van der Waals surface area contributed by atoms with Crippen molar-refractivity contribution in [2.45, 2.75) is 51.4 Å². The van der Waals surface area contributed by atoms with Crippen molar-refractivity contribution >= 4 is 10.8 Å². The summed E-state index contributed by atoms with van der Waals surface area (Å²) in [5, 5.41) is 2.72. The molecule has 25 heavy (non-hydrogen) atoms. The average molecular weight is 339 g/mol. The topological polar surface area (TPSA) is 29.3 Å². The Balaban J connectivity index is 1.92. The third-order valence-corrected chi connectivity index (χ3v) is 6.54. The zero-order valence-electron chi connectivity index (χ0n) is 16.0. The van der Waals surface area contributed by atoms with Crippen molar-refractivity contribution < 1.29 is 0 Å². The average Bonchev–Trinajstić information content (AvgIpc) is 3.18. The molecule has 2 atom stereocenters. The molecule has 2 aromatic rings. The second kappa shape index (κ2) is 8.33. The van der Waals surface area contributed by atoms with E-state index in [2.05, 4.69) is 61.2 Å². The summed E-state index contributed by atoms with van der Waals surface area (Å²) in [6, 6.07) is 15.6. The van der Waals surface area contributed by atoms with Crippen LogP contribution in [0.3, 0.4) is 0 Å². The van der Waals surface area contributed by atoms with Crippen molar-refractivity contribution in [2.75, 3.05) is 26.2 Å². The first-order chi connectivity index (χ1) is 12.2. The van der Waals surface area contributed by atoms with Crippen LogP contribution in [0.25, 0.3) is 10.8 Å². The molecule has 136 valence electrons. The summed E-state index contributed by atoms with van der Waals surface area (Å²) in [4.78, 5) is 2.63. The smallest absolute Gasteiger partial charge is 0.0108 e. The van der Waals surface area contributed by atoms with Gasteiger partial charge in [0.05, 0.1) is 0 Å². The highest BCUT2D eigenvalue weighted by Crippen LogP contribution is 2.41. The summed E-state index contributed by atoms with van der Waals surface area (Å²) in [7, 11) is 0. The minimum Gasteiger partial charge on any atom is -0.330 e. The van der Waals surface area contributed by atoms with Crippen LogP contribution in [0.2, 0.25) is 0 Å². The van der Waals surface area contributed by atoms with Crippen molar-refractivity contribution in [3.05, 3.63) is 48.0 Å². The van der Waals surface area contributed by atoms with Gasteiger partial charge in [0.25, 0.3) is 0 Å². The fourth-order valence-corrected chi connectivity index (χ4v) is 4.73. The molecule has 0 aliphatic carbocycles. The fourth-order valence-electron chi connectivity index (χ4n) is 4.73. The molecule has 0 amide bonds. The van der Waals surface area contributed by atoms with E-state index in [9.17, 15) is 0 Å². The van der Waals surface area contributed by atoms with Gasteiger partial charge in [0, 0.05) is 12.0 Å². The number of benzene rings is 2. The highest BCUT2D eigenvalue weighted by molar-refractivity contribution is 5.86. The Morgan fingerprint density at radius 1 is 1.08 bits per heavy atom. The standard InChI is InChI=1S/C23H34N2/c1-3-19(2)23(18-24,14-9-17-25-15-6-7-16-25)22-13-8-11-20-10-4-5-12-21(20)22/h4-5,8,10-13,19H,3,6-7,9,14-18,24H2,1-2H3. The summed E-state index contributed by atoms with van der Waals surface area (Å²) >= 11 is 0. The first-order valence-electron chi connectivity index (χ1n) is 10.1. The van der Waals surface area contributed by atoms with E-state index in [0.29, 0.717) is 5.92 Å². The number of nitrogens with zero attached hydrogens (tertiary/aromatic N) is 1. The van der Waals surface area contributed by atoms with Gasteiger partial charge in [0.15, 0.2) is 0 Å². The first kappa shape index (κ1) is 18.4. The molecule has 0 bridgehead atoms. The van der Waals surface area contributed by atoms with Crippen molar-refractivity contribution in [3.8, 4) is 0 Å². The van der Waals surface area contributed by atoms with E-state index in [4.69, 9.17) is 5.73 Å². The van der Waals surface area contributed by atoms with E-state index in [-0.39, 0.29) is 5.41 Å². The lowest BCUT2D eigenvalue weighted by Crippen LogP contribution is -2.42. The Bertz CT molecular complexity index is 669.